The maximum Gasteiger partial charge on any atom is 0.416 e. The number of nitrogens with one attached hydrogen (secondary N) is 1. The Morgan fingerprint density at radius 2 is 1.62 bits per heavy atom. The number of carbonyl (C=O) groups is 3. The number of amides is 2. The number of anilines is 1. The van der Waals surface area contributed by atoms with E-state index in [4.69, 9.17) is 4.74 Å². The Morgan fingerprint density at radius 1 is 1.03 bits per heavy atom. The molecule has 0 aromatic heterocycles. The summed E-state index contributed by atoms with van der Waals surface area (Å²) in [5.41, 5.74) is -0.640. The molecule has 1 atom stereocenters. The molecule has 1 aliphatic heterocycles. The van der Waals surface area contributed by atoms with Crippen molar-refractivity contribution in [3.05, 3.63) is 29.8 Å². The van der Waals surface area contributed by atoms with E-state index >= 15 is 0 Å². The molecule has 1 heterocycles. The van der Waals surface area contributed by atoms with E-state index in [2.05, 4.69) is 5.32 Å². The van der Waals surface area contributed by atoms with Crippen molar-refractivity contribution in [3.8, 4) is 0 Å². The smallest absolute Gasteiger partial charge is 0.416 e. The van der Waals surface area contributed by atoms with E-state index in [-0.39, 0.29) is 23.4 Å². The lowest BCUT2D eigenvalue weighted by atomic mass is 9.96. The minimum absolute atomic E-state index is 0.146. The van der Waals surface area contributed by atoms with Crippen molar-refractivity contribution in [1.29, 1.82) is 0 Å². The summed E-state index contributed by atoms with van der Waals surface area (Å²) in [4.78, 5) is 38.3. The van der Waals surface area contributed by atoms with Crippen LogP contribution in [0.25, 0.3) is 0 Å². The Morgan fingerprint density at radius 3 is 2.14 bits per heavy atom. The van der Waals surface area contributed by atoms with Gasteiger partial charge in [-0.25, -0.2) is 0 Å². The van der Waals surface area contributed by atoms with Crippen molar-refractivity contribution >= 4 is 23.5 Å². The summed E-state index contributed by atoms with van der Waals surface area (Å²) in [6.07, 6.45) is -2.69. The van der Waals surface area contributed by atoms with Gasteiger partial charge in [0.15, 0.2) is 6.10 Å². The predicted octanol–water partition coefficient (Wildman–Crippen LogP) is 3.22. The van der Waals surface area contributed by atoms with Crippen LogP contribution in [0, 0.1) is 11.8 Å². The molecule has 2 amide bonds. The number of hydrogen-bond donors (Lipinski definition) is 1. The van der Waals surface area contributed by atoms with Crippen LogP contribution in [0.3, 0.4) is 0 Å². The van der Waals surface area contributed by atoms with E-state index in [0.29, 0.717) is 25.9 Å². The number of hydrogen-bond acceptors (Lipinski definition) is 4. The first-order valence-electron chi connectivity index (χ1n) is 9.62. The fraction of sp³-hybridized carbons (Fsp3) is 0.550. The highest BCUT2D eigenvalue weighted by Gasteiger charge is 2.36. The Hall–Kier alpha value is -2.58. The monoisotopic (exact) mass is 412 g/mol. The Kier molecular flexibility index (Phi) is 6.14. The van der Waals surface area contributed by atoms with Crippen LogP contribution in [-0.2, 0) is 25.3 Å². The van der Waals surface area contributed by atoms with Gasteiger partial charge in [-0.3, -0.25) is 14.4 Å². The molecule has 1 saturated heterocycles. The quantitative estimate of drug-likeness (QED) is 0.754. The van der Waals surface area contributed by atoms with Gasteiger partial charge in [0.2, 0.25) is 5.91 Å². The van der Waals surface area contributed by atoms with Gasteiger partial charge in [-0.15, -0.1) is 0 Å². The third-order valence-corrected chi connectivity index (χ3v) is 5.21. The van der Waals surface area contributed by atoms with E-state index in [1.165, 1.54) is 6.92 Å². The number of nitrogens with zero attached hydrogens (tertiary/aromatic N) is 1. The summed E-state index contributed by atoms with van der Waals surface area (Å²) >= 11 is 0. The summed E-state index contributed by atoms with van der Waals surface area (Å²) < 4.78 is 42.9. The first-order chi connectivity index (χ1) is 13.6. The molecule has 0 bridgehead atoms. The minimum Gasteiger partial charge on any atom is -0.452 e. The summed E-state index contributed by atoms with van der Waals surface area (Å²) in [6, 6.07) is 4.01. The molecule has 1 saturated carbocycles. The third-order valence-electron chi connectivity index (χ3n) is 5.21. The zero-order chi connectivity index (χ0) is 21.2. The number of benzene rings is 1. The molecule has 1 N–H and O–H groups in total. The van der Waals surface area contributed by atoms with Crippen molar-refractivity contribution in [1.82, 2.24) is 4.90 Å². The van der Waals surface area contributed by atoms with Crippen molar-refractivity contribution < 1.29 is 32.3 Å². The van der Waals surface area contributed by atoms with Gasteiger partial charge in [0.25, 0.3) is 5.91 Å². The van der Waals surface area contributed by atoms with E-state index in [1.54, 1.807) is 4.90 Å². The van der Waals surface area contributed by atoms with E-state index in [9.17, 15) is 27.6 Å². The summed E-state index contributed by atoms with van der Waals surface area (Å²) in [5, 5.41) is 2.43. The van der Waals surface area contributed by atoms with Gasteiger partial charge in [-0.05, 0) is 56.9 Å². The van der Waals surface area contributed by atoms with Crippen molar-refractivity contribution in [2.45, 2.75) is 44.9 Å². The molecule has 2 aliphatic rings. The van der Waals surface area contributed by atoms with Crippen LogP contribution in [-0.4, -0.2) is 41.9 Å². The average Bonchev–Trinajstić information content (AvgIpc) is 3.52. The number of likely N-dealkylation sites (tertiary alicyclic amines) is 1. The van der Waals surface area contributed by atoms with Crippen LogP contribution in [0.2, 0.25) is 0 Å². The Bertz CT molecular complexity index is 767. The Labute approximate surface area is 166 Å². The molecule has 2 fully saturated rings. The van der Waals surface area contributed by atoms with Gasteiger partial charge in [-0.2, -0.15) is 13.2 Å². The normalized spacial score (nSPS) is 18.8. The summed E-state index contributed by atoms with van der Waals surface area (Å²) in [6.45, 7) is 2.41. The lowest BCUT2D eigenvalue weighted by Crippen LogP contribution is -2.42. The highest BCUT2D eigenvalue weighted by atomic mass is 19.4. The second-order valence-electron chi connectivity index (χ2n) is 7.52. The summed E-state index contributed by atoms with van der Waals surface area (Å²) in [7, 11) is 0. The second kappa shape index (κ2) is 8.42. The molecule has 6 nitrogen and oxygen atoms in total. The topological polar surface area (TPSA) is 75.7 Å². The van der Waals surface area contributed by atoms with Gasteiger partial charge >= 0.3 is 12.1 Å². The van der Waals surface area contributed by atoms with E-state index in [0.717, 1.165) is 37.1 Å². The van der Waals surface area contributed by atoms with Gasteiger partial charge < -0.3 is 15.0 Å². The third kappa shape index (κ3) is 5.48. The number of alkyl halides is 3. The largest absolute Gasteiger partial charge is 0.452 e. The van der Waals surface area contributed by atoms with Gasteiger partial charge in [0.05, 0.1) is 11.5 Å². The molecule has 3 rings (SSSR count). The number of rotatable bonds is 5. The number of esters is 1. The van der Waals surface area contributed by atoms with Crippen LogP contribution in [0.15, 0.2) is 24.3 Å². The van der Waals surface area contributed by atoms with Crippen molar-refractivity contribution in [2.24, 2.45) is 11.8 Å². The molecule has 29 heavy (non-hydrogen) atoms. The van der Waals surface area contributed by atoms with Crippen LogP contribution in [0.5, 0.6) is 0 Å². The molecule has 1 aromatic rings. The first kappa shape index (κ1) is 21.1. The SMILES string of the molecule is CC(OC(=O)C1CCN(C(=O)C2CC2)CC1)C(=O)Nc1ccc(C(F)(F)F)cc1. The summed E-state index contributed by atoms with van der Waals surface area (Å²) in [5.74, 6) is -1.20. The zero-order valence-electron chi connectivity index (χ0n) is 16.0. The molecule has 1 aliphatic carbocycles. The van der Waals surface area contributed by atoms with Crippen LogP contribution >= 0.6 is 0 Å². The highest BCUT2D eigenvalue weighted by molar-refractivity contribution is 5.95. The fourth-order valence-corrected chi connectivity index (χ4v) is 3.23. The lowest BCUT2D eigenvalue weighted by molar-refractivity contribution is -0.159. The molecule has 0 radical (unpaired) electrons. The number of piperidine rings is 1. The molecule has 1 aromatic carbocycles. The molecule has 158 valence electrons. The van der Waals surface area contributed by atoms with Crippen LogP contribution in [0.4, 0.5) is 18.9 Å². The standard InChI is InChI=1S/C20H23F3N2O4/c1-12(17(26)24-16-6-4-15(5-7-16)20(21,22)23)29-19(28)14-8-10-25(11-9-14)18(27)13-2-3-13/h4-7,12-14H,2-3,8-11H2,1H3,(H,24,26). The van der Waals surface area contributed by atoms with Crippen LogP contribution in [0.1, 0.15) is 38.2 Å². The van der Waals surface area contributed by atoms with E-state index in [1.807, 2.05) is 0 Å². The molecule has 0 spiro atoms. The minimum atomic E-state index is -4.45. The maximum atomic E-state index is 12.6. The van der Waals surface area contributed by atoms with Crippen LogP contribution < -0.4 is 5.32 Å². The zero-order valence-corrected chi connectivity index (χ0v) is 16.0. The highest BCUT2D eigenvalue weighted by Crippen LogP contribution is 2.33. The molecule has 1 unspecified atom stereocenters. The number of ether oxygens (including phenoxy) is 1. The molecule has 9 heteroatoms. The van der Waals surface area contributed by atoms with Gasteiger partial charge in [0, 0.05) is 24.7 Å². The van der Waals surface area contributed by atoms with E-state index < -0.39 is 29.7 Å². The van der Waals surface area contributed by atoms with Gasteiger partial charge in [-0.1, -0.05) is 0 Å². The first-order valence-corrected chi connectivity index (χ1v) is 9.62. The van der Waals surface area contributed by atoms with Crippen molar-refractivity contribution in [3.63, 3.8) is 0 Å². The van der Waals surface area contributed by atoms with Crippen molar-refractivity contribution in [2.75, 3.05) is 18.4 Å². The average molecular weight is 412 g/mol. The second-order valence-corrected chi connectivity index (χ2v) is 7.52. The Balaban J connectivity index is 1.45. The molecular formula is C20H23F3N2O4. The number of halogens is 3. The maximum absolute atomic E-state index is 12.6. The fourth-order valence-electron chi connectivity index (χ4n) is 3.23. The van der Waals surface area contributed by atoms with Gasteiger partial charge in [0.1, 0.15) is 0 Å². The molecular weight excluding hydrogens is 389 g/mol. The lowest BCUT2D eigenvalue weighted by Gasteiger charge is -2.31. The number of carbonyl (C=O) groups excluding carboxylic acids is 3. The predicted molar refractivity (Wildman–Crippen MR) is 97.7 cm³/mol.